The first-order valence-electron chi connectivity index (χ1n) is 9.34. The zero-order valence-corrected chi connectivity index (χ0v) is 18.7. The first-order chi connectivity index (χ1) is 14.1. The number of tetrazole rings is 1. The van der Waals surface area contributed by atoms with Gasteiger partial charge >= 0.3 is 0 Å². The van der Waals surface area contributed by atoms with E-state index >= 15 is 0 Å². The fraction of sp³-hybridized carbons (Fsp3) is 0.350. The number of halogens is 2. The maximum Gasteiger partial charge on any atom is 0.243 e. The maximum atomic E-state index is 5.98. The molecule has 3 aromatic rings. The highest BCUT2D eigenvalue weighted by Crippen LogP contribution is 2.37. The summed E-state index contributed by atoms with van der Waals surface area (Å²) in [5.74, 6) is 1.95. The van der Waals surface area contributed by atoms with Gasteiger partial charge in [-0.15, -0.1) is 0 Å². The standard InChI is InChI=1S/C20H23BrClN5O2/c1-3-4-9-27-20(24-25-26-27)23-12-15-10-17(21)19(18(11-15)28-2)29-13-14-5-7-16(22)8-6-14/h5-8,10-11H,3-4,9,12-13H2,1-2H3,(H,23,24,26). The van der Waals surface area contributed by atoms with Crippen molar-refractivity contribution in [2.75, 3.05) is 12.4 Å². The average molecular weight is 481 g/mol. The number of rotatable bonds is 10. The molecule has 9 heteroatoms. The number of anilines is 1. The molecule has 0 saturated carbocycles. The molecule has 0 aliphatic heterocycles. The molecule has 1 heterocycles. The summed E-state index contributed by atoms with van der Waals surface area (Å²) in [6.45, 7) is 3.89. The third-order valence-electron chi connectivity index (χ3n) is 4.29. The van der Waals surface area contributed by atoms with Gasteiger partial charge < -0.3 is 14.8 Å². The lowest BCUT2D eigenvalue weighted by atomic mass is 10.2. The second-order valence-corrected chi connectivity index (χ2v) is 7.75. The van der Waals surface area contributed by atoms with Gasteiger partial charge in [0.1, 0.15) is 6.61 Å². The van der Waals surface area contributed by atoms with Crippen LogP contribution in [0.5, 0.6) is 11.5 Å². The van der Waals surface area contributed by atoms with Crippen LogP contribution in [-0.4, -0.2) is 27.3 Å². The lowest BCUT2D eigenvalue weighted by Crippen LogP contribution is -2.09. The van der Waals surface area contributed by atoms with Crippen LogP contribution in [0.15, 0.2) is 40.9 Å². The molecular formula is C20H23BrClN5O2. The Balaban J connectivity index is 1.67. The Kier molecular flexibility index (Phi) is 7.71. The summed E-state index contributed by atoms with van der Waals surface area (Å²) in [7, 11) is 1.62. The lowest BCUT2D eigenvalue weighted by molar-refractivity contribution is 0.282. The third kappa shape index (κ3) is 5.83. The van der Waals surface area contributed by atoms with E-state index in [2.05, 4.69) is 43.7 Å². The summed E-state index contributed by atoms with van der Waals surface area (Å²) < 4.78 is 14.1. The molecule has 0 aliphatic rings. The minimum atomic E-state index is 0.413. The molecule has 0 fully saturated rings. The monoisotopic (exact) mass is 479 g/mol. The van der Waals surface area contributed by atoms with Gasteiger partial charge in [-0.2, -0.15) is 0 Å². The maximum absolute atomic E-state index is 5.98. The average Bonchev–Trinajstić information content (AvgIpc) is 3.18. The molecule has 0 saturated heterocycles. The quantitative estimate of drug-likeness (QED) is 0.436. The SMILES string of the molecule is CCCCn1nnnc1NCc1cc(Br)c(OCc2ccc(Cl)cc2)c(OC)c1. The van der Waals surface area contributed by atoms with Gasteiger partial charge in [0.25, 0.3) is 0 Å². The molecule has 0 radical (unpaired) electrons. The van der Waals surface area contributed by atoms with Crippen molar-refractivity contribution < 1.29 is 9.47 Å². The van der Waals surface area contributed by atoms with E-state index in [9.17, 15) is 0 Å². The minimum Gasteiger partial charge on any atom is -0.493 e. The number of aromatic nitrogens is 4. The van der Waals surface area contributed by atoms with E-state index in [-0.39, 0.29) is 0 Å². The Labute approximate surface area is 183 Å². The van der Waals surface area contributed by atoms with Gasteiger partial charge in [0.2, 0.25) is 5.95 Å². The first kappa shape index (κ1) is 21.4. The number of methoxy groups -OCH3 is 1. The predicted molar refractivity (Wildman–Crippen MR) is 117 cm³/mol. The highest BCUT2D eigenvalue weighted by molar-refractivity contribution is 9.10. The minimum absolute atomic E-state index is 0.413. The van der Waals surface area contributed by atoms with E-state index in [4.69, 9.17) is 21.1 Å². The summed E-state index contributed by atoms with van der Waals surface area (Å²) in [4.78, 5) is 0. The van der Waals surface area contributed by atoms with Crippen molar-refractivity contribution in [2.24, 2.45) is 0 Å². The number of nitrogens with zero attached hydrogens (tertiary/aromatic N) is 4. The zero-order valence-electron chi connectivity index (χ0n) is 16.4. The van der Waals surface area contributed by atoms with Gasteiger partial charge in [-0.3, -0.25) is 0 Å². The molecule has 1 N–H and O–H groups in total. The van der Waals surface area contributed by atoms with Crippen LogP contribution < -0.4 is 14.8 Å². The molecule has 154 valence electrons. The zero-order chi connectivity index (χ0) is 20.6. The van der Waals surface area contributed by atoms with Gasteiger partial charge in [-0.05, 0) is 68.2 Å². The Bertz CT molecular complexity index is 933. The fourth-order valence-electron chi connectivity index (χ4n) is 2.72. The van der Waals surface area contributed by atoms with Crippen molar-refractivity contribution in [3.05, 3.63) is 57.0 Å². The number of nitrogens with one attached hydrogen (secondary N) is 1. The molecule has 2 aromatic carbocycles. The van der Waals surface area contributed by atoms with Crippen LogP contribution in [0.4, 0.5) is 5.95 Å². The van der Waals surface area contributed by atoms with Crippen molar-refractivity contribution in [1.29, 1.82) is 0 Å². The van der Waals surface area contributed by atoms with Crippen LogP contribution in [0.1, 0.15) is 30.9 Å². The summed E-state index contributed by atoms with van der Waals surface area (Å²) in [6, 6.07) is 11.5. The first-order valence-corrected chi connectivity index (χ1v) is 10.5. The number of hydrogen-bond donors (Lipinski definition) is 1. The van der Waals surface area contributed by atoms with Gasteiger partial charge in [0, 0.05) is 18.1 Å². The van der Waals surface area contributed by atoms with E-state index in [0.717, 1.165) is 35.0 Å². The molecular weight excluding hydrogens is 458 g/mol. The Hall–Kier alpha value is -2.32. The normalized spacial score (nSPS) is 10.8. The Morgan fingerprint density at radius 1 is 1.17 bits per heavy atom. The topological polar surface area (TPSA) is 74.1 Å². The summed E-state index contributed by atoms with van der Waals surface area (Å²) in [6.07, 6.45) is 2.11. The van der Waals surface area contributed by atoms with Crippen molar-refractivity contribution in [2.45, 2.75) is 39.5 Å². The van der Waals surface area contributed by atoms with Gasteiger partial charge in [0.05, 0.1) is 11.6 Å². The van der Waals surface area contributed by atoms with E-state index < -0.39 is 0 Å². The van der Waals surface area contributed by atoms with E-state index in [1.807, 2.05) is 36.4 Å². The largest absolute Gasteiger partial charge is 0.493 e. The smallest absolute Gasteiger partial charge is 0.243 e. The number of aryl methyl sites for hydroxylation is 1. The molecule has 29 heavy (non-hydrogen) atoms. The number of hydrogen-bond acceptors (Lipinski definition) is 6. The van der Waals surface area contributed by atoms with Crippen LogP contribution in [0.3, 0.4) is 0 Å². The lowest BCUT2D eigenvalue weighted by Gasteiger charge is -2.15. The van der Waals surface area contributed by atoms with Crippen LogP contribution in [0, 0.1) is 0 Å². The summed E-state index contributed by atoms with van der Waals surface area (Å²) >= 11 is 9.52. The molecule has 0 unspecified atom stereocenters. The molecule has 7 nitrogen and oxygen atoms in total. The number of unbranched alkanes of at least 4 members (excludes halogenated alkanes) is 1. The van der Waals surface area contributed by atoms with E-state index in [1.165, 1.54) is 0 Å². The number of ether oxygens (including phenoxy) is 2. The third-order valence-corrected chi connectivity index (χ3v) is 5.13. The predicted octanol–water partition coefficient (Wildman–Crippen LogP) is 5.09. The fourth-order valence-corrected chi connectivity index (χ4v) is 3.45. The highest BCUT2D eigenvalue weighted by atomic mass is 79.9. The van der Waals surface area contributed by atoms with Crippen LogP contribution >= 0.6 is 27.5 Å². The van der Waals surface area contributed by atoms with Crippen LogP contribution in [-0.2, 0) is 19.7 Å². The summed E-state index contributed by atoms with van der Waals surface area (Å²) in [5, 5.41) is 15.8. The molecule has 3 rings (SSSR count). The van der Waals surface area contributed by atoms with E-state index in [1.54, 1.807) is 11.8 Å². The van der Waals surface area contributed by atoms with E-state index in [0.29, 0.717) is 35.6 Å². The Morgan fingerprint density at radius 2 is 1.97 bits per heavy atom. The van der Waals surface area contributed by atoms with Gasteiger partial charge in [0.15, 0.2) is 11.5 Å². The van der Waals surface area contributed by atoms with Crippen molar-refractivity contribution in [3.63, 3.8) is 0 Å². The molecule has 0 aliphatic carbocycles. The Morgan fingerprint density at radius 3 is 2.69 bits per heavy atom. The highest BCUT2D eigenvalue weighted by Gasteiger charge is 2.13. The number of benzene rings is 2. The van der Waals surface area contributed by atoms with Crippen LogP contribution in [0.2, 0.25) is 5.02 Å². The molecule has 0 bridgehead atoms. The molecule has 0 amide bonds. The van der Waals surface area contributed by atoms with Gasteiger partial charge in [-0.1, -0.05) is 42.2 Å². The molecule has 1 aromatic heterocycles. The van der Waals surface area contributed by atoms with Gasteiger partial charge in [-0.25, -0.2) is 4.68 Å². The summed E-state index contributed by atoms with van der Waals surface area (Å²) in [5.41, 5.74) is 2.03. The van der Waals surface area contributed by atoms with Crippen molar-refractivity contribution in [3.8, 4) is 11.5 Å². The second-order valence-electron chi connectivity index (χ2n) is 6.46. The molecule has 0 spiro atoms. The second kappa shape index (κ2) is 10.5. The van der Waals surface area contributed by atoms with Crippen LogP contribution in [0.25, 0.3) is 0 Å². The molecule has 0 atom stereocenters. The van der Waals surface area contributed by atoms with Crippen molar-refractivity contribution in [1.82, 2.24) is 20.2 Å². The van der Waals surface area contributed by atoms with Crippen molar-refractivity contribution >= 4 is 33.5 Å².